The maximum Gasteiger partial charge on any atom is 0.280 e. The van der Waals surface area contributed by atoms with E-state index >= 15 is 0 Å². The fourth-order valence-corrected chi connectivity index (χ4v) is 6.46. The van der Waals surface area contributed by atoms with Crippen molar-refractivity contribution in [2.75, 3.05) is 5.32 Å². The van der Waals surface area contributed by atoms with Crippen LogP contribution in [0.4, 0.5) is 14.5 Å². The van der Waals surface area contributed by atoms with Crippen molar-refractivity contribution in [1.82, 2.24) is 14.8 Å². The van der Waals surface area contributed by atoms with Crippen LogP contribution < -0.4 is 15.8 Å². The third-order valence-electron chi connectivity index (χ3n) is 5.49. The zero-order valence-corrected chi connectivity index (χ0v) is 23.9. The predicted molar refractivity (Wildman–Crippen MR) is 151 cm³/mol. The number of ether oxygens (including phenoxy) is 1. The van der Waals surface area contributed by atoms with Crippen LogP contribution in [0.3, 0.4) is 0 Å². The van der Waals surface area contributed by atoms with Crippen molar-refractivity contribution in [2.45, 2.75) is 20.1 Å². The summed E-state index contributed by atoms with van der Waals surface area (Å²) in [5.41, 5.74) is 5.71. The Morgan fingerprint density at radius 3 is 2.67 bits per heavy atom. The van der Waals surface area contributed by atoms with Crippen LogP contribution in [-0.4, -0.2) is 26.6 Å². The first-order valence-corrected chi connectivity index (χ1v) is 14.0. The van der Waals surface area contributed by atoms with Crippen molar-refractivity contribution in [1.29, 1.82) is 0 Å². The van der Waals surface area contributed by atoms with Crippen LogP contribution in [0.25, 0.3) is 20.7 Å². The number of aryl methyl sites for hydroxylation is 1. The van der Waals surface area contributed by atoms with E-state index in [1.165, 1.54) is 28.2 Å². The van der Waals surface area contributed by atoms with Crippen LogP contribution in [0.5, 0.6) is 5.75 Å². The molecule has 0 radical (unpaired) electrons. The van der Waals surface area contributed by atoms with E-state index < -0.39 is 23.9 Å². The number of fused-ring (bicyclic) bond motifs is 1. The topological polar surface area (TPSA) is 112 Å². The van der Waals surface area contributed by atoms with Crippen molar-refractivity contribution < 1.29 is 23.1 Å². The average molecular weight is 653 g/mol. The lowest BCUT2D eigenvalue weighted by Gasteiger charge is -2.09. The lowest BCUT2D eigenvalue weighted by molar-refractivity contribution is 0.100. The fourth-order valence-electron chi connectivity index (χ4n) is 3.76. The van der Waals surface area contributed by atoms with Gasteiger partial charge in [-0.25, -0.2) is 18.4 Å². The molecule has 0 aliphatic carbocycles. The predicted octanol–water partition coefficient (Wildman–Crippen LogP) is 7.27. The Labute approximate surface area is 241 Å². The normalized spacial score (nSPS) is 11.3. The Hall–Kier alpha value is -3.39. The number of anilines is 1. The largest absolute Gasteiger partial charge is 0.470 e. The van der Waals surface area contributed by atoms with Gasteiger partial charge >= 0.3 is 0 Å². The van der Waals surface area contributed by atoms with Gasteiger partial charge in [-0.2, -0.15) is 5.10 Å². The number of pyridine rings is 1. The molecule has 0 saturated heterocycles. The molecule has 4 heterocycles. The Kier molecular flexibility index (Phi) is 7.67. The van der Waals surface area contributed by atoms with Crippen molar-refractivity contribution in [2.24, 2.45) is 5.73 Å². The van der Waals surface area contributed by atoms with Gasteiger partial charge in [0.1, 0.15) is 21.2 Å². The molecule has 200 valence electrons. The van der Waals surface area contributed by atoms with E-state index in [4.69, 9.17) is 22.1 Å². The third-order valence-corrected chi connectivity index (χ3v) is 8.48. The minimum absolute atomic E-state index is 0.00360. The molecule has 2 amide bonds. The molecular formula is C25H17BrClF2N5O3S2. The number of hydrogen-bond acceptors (Lipinski definition) is 7. The number of carbonyl (C=O) groups excluding carboxylic acids is 2. The highest BCUT2D eigenvalue weighted by atomic mass is 79.9. The summed E-state index contributed by atoms with van der Waals surface area (Å²) in [5.74, 6) is -0.925. The van der Waals surface area contributed by atoms with Crippen molar-refractivity contribution in [3.63, 3.8) is 0 Å². The van der Waals surface area contributed by atoms with E-state index in [2.05, 4.69) is 31.3 Å². The molecule has 4 aromatic heterocycles. The summed E-state index contributed by atoms with van der Waals surface area (Å²) in [6.45, 7) is 1.89. The van der Waals surface area contributed by atoms with Gasteiger partial charge in [0.05, 0.1) is 10.2 Å². The molecule has 0 atom stereocenters. The molecule has 39 heavy (non-hydrogen) atoms. The second-order valence-corrected chi connectivity index (χ2v) is 11.8. The number of primary amides is 1. The van der Waals surface area contributed by atoms with Crippen LogP contribution in [0.1, 0.15) is 37.2 Å². The summed E-state index contributed by atoms with van der Waals surface area (Å²) in [6.07, 6.45) is -1.28. The molecule has 0 fully saturated rings. The maximum atomic E-state index is 13.7. The second kappa shape index (κ2) is 11.0. The van der Waals surface area contributed by atoms with E-state index in [1.54, 1.807) is 30.5 Å². The highest BCUT2D eigenvalue weighted by Gasteiger charge is 2.26. The van der Waals surface area contributed by atoms with Crippen molar-refractivity contribution in [3.8, 4) is 16.2 Å². The van der Waals surface area contributed by atoms with Gasteiger partial charge in [0.15, 0.2) is 12.4 Å². The van der Waals surface area contributed by atoms with E-state index in [9.17, 15) is 18.4 Å². The van der Waals surface area contributed by atoms with Gasteiger partial charge < -0.3 is 15.8 Å². The third kappa shape index (κ3) is 5.66. The van der Waals surface area contributed by atoms with Gasteiger partial charge in [-0.05, 0) is 65.3 Å². The Bertz CT molecular complexity index is 1740. The summed E-state index contributed by atoms with van der Waals surface area (Å²) in [4.78, 5) is 31.3. The molecule has 0 aliphatic heterocycles. The summed E-state index contributed by atoms with van der Waals surface area (Å²) in [7, 11) is 0. The number of halogens is 4. The van der Waals surface area contributed by atoms with Gasteiger partial charge in [-0.1, -0.05) is 11.6 Å². The molecule has 1 aromatic carbocycles. The van der Waals surface area contributed by atoms with Gasteiger partial charge in [0, 0.05) is 31.9 Å². The van der Waals surface area contributed by atoms with Gasteiger partial charge in [0.25, 0.3) is 18.2 Å². The lowest BCUT2D eigenvalue weighted by atomic mass is 10.1. The van der Waals surface area contributed by atoms with Crippen LogP contribution in [0, 0.1) is 6.92 Å². The highest BCUT2D eigenvalue weighted by Crippen LogP contribution is 2.44. The van der Waals surface area contributed by atoms with E-state index in [0.717, 1.165) is 16.2 Å². The smallest absolute Gasteiger partial charge is 0.280 e. The number of rotatable bonds is 8. The van der Waals surface area contributed by atoms with E-state index in [1.807, 2.05) is 13.0 Å². The first-order valence-electron chi connectivity index (χ1n) is 11.2. The first-order chi connectivity index (χ1) is 18.6. The summed E-state index contributed by atoms with van der Waals surface area (Å²) in [6, 6.07) is 11.4. The molecule has 0 bridgehead atoms. The van der Waals surface area contributed by atoms with Crippen molar-refractivity contribution in [3.05, 3.63) is 79.3 Å². The minimum Gasteiger partial charge on any atom is -0.470 e. The Morgan fingerprint density at radius 2 is 2.00 bits per heavy atom. The maximum absolute atomic E-state index is 13.7. The number of nitrogens with two attached hydrogens (primary N) is 1. The summed E-state index contributed by atoms with van der Waals surface area (Å²) in [5, 5.41) is 7.84. The average Bonchev–Trinajstić information content (AvgIpc) is 3.62. The van der Waals surface area contributed by atoms with Crippen LogP contribution >= 0.6 is 50.2 Å². The fraction of sp³-hybridized carbons (Fsp3) is 0.120. The molecule has 0 unspecified atom stereocenters. The van der Waals surface area contributed by atoms with E-state index in [0.29, 0.717) is 31.1 Å². The van der Waals surface area contributed by atoms with Gasteiger partial charge in [-0.15, -0.1) is 22.7 Å². The number of alkyl halides is 2. The zero-order valence-electron chi connectivity index (χ0n) is 19.9. The first kappa shape index (κ1) is 27.2. The molecule has 5 rings (SSSR count). The second-order valence-electron chi connectivity index (χ2n) is 8.20. The number of thiophene rings is 2. The number of carbonyl (C=O) groups is 2. The minimum atomic E-state index is -2.83. The molecule has 5 aromatic rings. The Morgan fingerprint density at radius 1 is 1.21 bits per heavy atom. The lowest BCUT2D eigenvalue weighted by Crippen LogP contribution is -2.17. The summed E-state index contributed by atoms with van der Waals surface area (Å²) < 4.78 is 35.1. The van der Waals surface area contributed by atoms with Crippen LogP contribution in [0.2, 0.25) is 5.02 Å². The summed E-state index contributed by atoms with van der Waals surface area (Å²) >= 11 is 11.6. The number of amides is 2. The molecular weight excluding hydrogens is 636 g/mol. The van der Waals surface area contributed by atoms with Crippen LogP contribution in [0.15, 0.2) is 53.1 Å². The molecule has 0 aliphatic rings. The van der Waals surface area contributed by atoms with Crippen LogP contribution in [-0.2, 0) is 6.73 Å². The molecule has 0 saturated carbocycles. The number of aromatic nitrogens is 3. The zero-order chi connectivity index (χ0) is 27.8. The monoisotopic (exact) mass is 651 g/mol. The molecule has 8 nitrogen and oxygen atoms in total. The number of nitrogens with zero attached hydrogens (tertiary/aromatic N) is 3. The molecule has 0 spiro atoms. The standard InChI is InChI=1S/C25H17BrClF2N5O3S2/c1-11-2-5-18(38-11)13-9-16(22(28)29)31-25-19(13)20(21(39-25)23(30)35)32-24(36)15-6-7-34(33-15)10-37-17-4-3-12(27)8-14(17)26/h2-9,22H,10H2,1H3,(H2,30,35)(H,32,36). The van der Waals surface area contributed by atoms with Crippen molar-refractivity contribution >= 4 is 77.9 Å². The quantitative estimate of drug-likeness (QED) is 0.183. The molecule has 14 heteroatoms. The molecule has 3 N–H and O–H groups in total. The number of benzene rings is 1. The van der Waals surface area contributed by atoms with Gasteiger partial charge in [0.2, 0.25) is 0 Å². The number of hydrogen-bond donors (Lipinski definition) is 2. The van der Waals surface area contributed by atoms with E-state index in [-0.39, 0.29) is 27.8 Å². The Balaban J connectivity index is 1.48. The van der Waals surface area contributed by atoms with Gasteiger partial charge in [-0.3, -0.25) is 9.59 Å². The highest BCUT2D eigenvalue weighted by molar-refractivity contribution is 9.10. The number of nitrogens with one attached hydrogen (secondary N) is 1. The SMILES string of the molecule is Cc1ccc(-c2cc(C(F)F)nc3sc(C(N)=O)c(NC(=O)c4ccn(COc5ccc(Cl)cc5Br)n4)c23)s1.